The van der Waals surface area contributed by atoms with E-state index in [-0.39, 0.29) is 5.78 Å². The Hall–Kier alpha value is -3.07. The Labute approximate surface area is 140 Å². The molecule has 4 aromatic rings. The standard InChI is InChI=1S/C21H18N2O/c1-12-4-3-5-14(8-12)15-9-18(13(2)24)21-19(10-15)17-7-6-16(22)11-20(17)23-21/h3-11,23H,22H2,1-2H3. The van der Waals surface area contributed by atoms with Crippen LogP contribution in [0, 0.1) is 6.92 Å². The molecule has 3 N–H and O–H groups in total. The third-order valence-corrected chi connectivity index (χ3v) is 4.46. The number of hydrogen-bond acceptors (Lipinski definition) is 2. The Bertz CT molecular complexity index is 1110. The number of benzene rings is 3. The van der Waals surface area contributed by atoms with Crippen molar-refractivity contribution in [1.29, 1.82) is 0 Å². The molecule has 0 fully saturated rings. The Morgan fingerprint density at radius 3 is 2.54 bits per heavy atom. The lowest BCUT2D eigenvalue weighted by atomic mass is 9.97. The van der Waals surface area contributed by atoms with Crippen molar-refractivity contribution < 1.29 is 4.79 Å². The maximum absolute atomic E-state index is 12.2. The van der Waals surface area contributed by atoms with E-state index in [0.717, 1.165) is 32.9 Å². The first kappa shape index (κ1) is 14.5. The van der Waals surface area contributed by atoms with Gasteiger partial charge < -0.3 is 10.7 Å². The van der Waals surface area contributed by atoms with Crippen LogP contribution in [0.3, 0.4) is 0 Å². The van der Waals surface area contributed by atoms with Crippen LogP contribution in [0.1, 0.15) is 22.8 Å². The number of hydrogen-bond donors (Lipinski definition) is 2. The van der Waals surface area contributed by atoms with Crippen molar-refractivity contribution in [3.8, 4) is 11.1 Å². The summed E-state index contributed by atoms with van der Waals surface area (Å²) in [4.78, 5) is 15.6. The molecular formula is C21H18N2O. The van der Waals surface area contributed by atoms with E-state index < -0.39 is 0 Å². The van der Waals surface area contributed by atoms with E-state index >= 15 is 0 Å². The van der Waals surface area contributed by atoms with Crippen LogP contribution < -0.4 is 5.73 Å². The molecule has 0 unspecified atom stereocenters. The monoisotopic (exact) mass is 314 g/mol. The lowest BCUT2D eigenvalue weighted by Crippen LogP contribution is -1.95. The number of nitrogens with two attached hydrogens (primary N) is 1. The van der Waals surface area contributed by atoms with Gasteiger partial charge in [0.1, 0.15) is 0 Å². The largest absolute Gasteiger partial charge is 0.399 e. The molecule has 0 saturated carbocycles. The molecule has 0 aliphatic heterocycles. The summed E-state index contributed by atoms with van der Waals surface area (Å²) in [6.45, 7) is 3.68. The number of aromatic amines is 1. The fraction of sp³-hybridized carbons (Fsp3) is 0.0952. The summed E-state index contributed by atoms with van der Waals surface area (Å²) in [5, 5.41) is 2.13. The number of anilines is 1. The zero-order valence-corrected chi connectivity index (χ0v) is 13.7. The van der Waals surface area contributed by atoms with Crippen molar-refractivity contribution >= 4 is 33.3 Å². The molecular weight excluding hydrogens is 296 g/mol. The summed E-state index contributed by atoms with van der Waals surface area (Å²) < 4.78 is 0. The van der Waals surface area contributed by atoms with Gasteiger partial charge in [0.2, 0.25) is 0 Å². The number of aryl methyl sites for hydroxylation is 1. The number of carbonyl (C=O) groups is 1. The van der Waals surface area contributed by atoms with Gasteiger partial charge in [0.15, 0.2) is 5.78 Å². The maximum atomic E-state index is 12.2. The normalized spacial score (nSPS) is 11.2. The summed E-state index contributed by atoms with van der Waals surface area (Å²) >= 11 is 0. The first-order valence-electron chi connectivity index (χ1n) is 7.96. The zero-order chi connectivity index (χ0) is 16.8. The molecule has 3 nitrogen and oxygen atoms in total. The lowest BCUT2D eigenvalue weighted by molar-refractivity contribution is 0.101. The van der Waals surface area contributed by atoms with Gasteiger partial charge in [-0.15, -0.1) is 0 Å². The summed E-state index contributed by atoms with van der Waals surface area (Å²) in [5.41, 5.74) is 12.5. The van der Waals surface area contributed by atoms with E-state index in [9.17, 15) is 4.79 Å². The SMILES string of the molecule is CC(=O)c1cc(-c2cccc(C)c2)cc2c1[nH]c1cc(N)ccc12. The van der Waals surface area contributed by atoms with Crippen LogP contribution in [-0.4, -0.2) is 10.8 Å². The fourth-order valence-corrected chi connectivity index (χ4v) is 3.29. The van der Waals surface area contributed by atoms with Gasteiger partial charge >= 0.3 is 0 Å². The molecule has 0 amide bonds. The molecule has 0 saturated heterocycles. The van der Waals surface area contributed by atoms with E-state index in [1.54, 1.807) is 6.92 Å². The molecule has 0 aliphatic rings. The maximum Gasteiger partial charge on any atom is 0.161 e. The molecule has 24 heavy (non-hydrogen) atoms. The number of ketones is 1. The van der Waals surface area contributed by atoms with Crippen LogP contribution in [0.5, 0.6) is 0 Å². The summed E-state index contributed by atoms with van der Waals surface area (Å²) in [6, 6.07) is 18.2. The fourth-order valence-electron chi connectivity index (χ4n) is 3.29. The van der Waals surface area contributed by atoms with E-state index in [1.807, 2.05) is 30.3 Å². The molecule has 3 heteroatoms. The number of rotatable bonds is 2. The molecule has 3 aromatic carbocycles. The number of nitrogen functional groups attached to an aromatic ring is 1. The van der Waals surface area contributed by atoms with Crippen LogP contribution in [0.25, 0.3) is 32.9 Å². The molecule has 4 rings (SSSR count). The first-order valence-corrected chi connectivity index (χ1v) is 7.96. The average Bonchev–Trinajstić information content (AvgIpc) is 2.91. The number of carbonyl (C=O) groups excluding carboxylic acids is 1. The Morgan fingerprint density at radius 1 is 0.958 bits per heavy atom. The molecule has 1 heterocycles. The first-order chi connectivity index (χ1) is 11.5. The van der Waals surface area contributed by atoms with Gasteiger partial charge in [-0.2, -0.15) is 0 Å². The van der Waals surface area contributed by atoms with E-state index in [0.29, 0.717) is 11.3 Å². The van der Waals surface area contributed by atoms with Crippen LogP contribution in [-0.2, 0) is 0 Å². The third kappa shape index (κ3) is 2.26. The number of fused-ring (bicyclic) bond motifs is 3. The van der Waals surface area contributed by atoms with Crippen molar-refractivity contribution in [2.75, 3.05) is 5.73 Å². The minimum atomic E-state index is 0.0500. The quantitative estimate of drug-likeness (QED) is 0.400. The highest BCUT2D eigenvalue weighted by Gasteiger charge is 2.14. The predicted molar refractivity (Wildman–Crippen MR) is 100 cm³/mol. The minimum absolute atomic E-state index is 0.0500. The van der Waals surface area contributed by atoms with Crippen molar-refractivity contribution in [3.05, 3.63) is 65.7 Å². The molecule has 0 atom stereocenters. The second kappa shape index (κ2) is 5.24. The van der Waals surface area contributed by atoms with Gasteiger partial charge in [0.25, 0.3) is 0 Å². The van der Waals surface area contributed by atoms with Crippen LogP contribution in [0.15, 0.2) is 54.6 Å². The third-order valence-electron chi connectivity index (χ3n) is 4.46. The van der Waals surface area contributed by atoms with Crippen LogP contribution in [0.2, 0.25) is 0 Å². The second-order valence-electron chi connectivity index (χ2n) is 6.30. The molecule has 0 radical (unpaired) electrons. The van der Waals surface area contributed by atoms with E-state index in [1.165, 1.54) is 5.56 Å². The van der Waals surface area contributed by atoms with Gasteiger partial charge in [-0.25, -0.2) is 0 Å². The van der Waals surface area contributed by atoms with E-state index in [4.69, 9.17) is 5.73 Å². The van der Waals surface area contributed by atoms with Crippen molar-refractivity contribution in [3.63, 3.8) is 0 Å². The highest BCUT2D eigenvalue weighted by molar-refractivity contribution is 6.16. The van der Waals surface area contributed by atoms with Gasteiger partial charge in [-0.3, -0.25) is 4.79 Å². The Kier molecular flexibility index (Phi) is 3.17. The Morgan fingerprint density at radius 2 is 1.79 bits per heavy atom. The smallest absolute Gasteiger partial charge is 0.161 e. The molecule has 1 aromatic heterocycles. The summed E-state index contributed by atoms with van der Waals surface area (Å²) in [6.07, 6.45) is 0. The van der Waals surface area contributed by atoms with Gasteiger partial charge in [0, 0.05) is 27.5 Å². The topological polar surface area (TPSA) is 58.9 Å². The number of aromatic nitrogens is 1. The van der Waals surface area contributed by atoms with Crippen LogP contribution in [0.4, 0.5) is 5.69 Å². The molecule has 0 aliphatic carbocycles. The van der Waals surface area contributed by atoms with Crippen molar-refractivity contribution in [2.45, 2.75) is 13.8 Å². The summed E-state index contributed by atoms with van der Waals surface area (Å²) in [5.74, 6) is 0.0500. The van der Waals surface area contributed by atoms with Gasteiger partial charge in [0.05, 0.1) is 5.52 Å². The predicted octanol–water partition coefficient (Wildman–Crippen LogP) is 5.08. The number of H-pyrrole nitrogens is 1. The molecule has 118 valence electrons. The average molecular weight is 314 g/mol. The summed E-state index contributed by atoms with van der Waals surface area (Å²) in [7, 11) is 0. The van der Waals surface area contributed by atoms with Gasteiger partial charge in [-0.1, -0.05) is 35.9 Å². The zero-order valence-electron chi connectivity index (χ0n) is 13.7. The molecule has 0 bridgehead atoms. The van der Waals surface area contributed by atoms with Crippen LogP contribution >= 0.6 is 0 Å². The Balaban J connectivity index is 2.10. The van der Waals surface area contributed by atoms with E-state index in [2.05, 4.69) is 36.2 Å². The number of nitrogens with one attached hydrogen (secondary N) is 1. The highest BCUT2D eigenvalue weighted by Crippen LogP contribution is 2.34. The minimum Gasteiger partial charge on any atom is -0.399 e. The van der Waals surface area contributed by atoms with Crippen molar-refractivity contribution in [2.24, 2.45) is 0 Å². The van der Waals surface area contributed by atoms with Crippen molar-refractivity contribution in [1.82, 2.24) is 4.98 Å². The lowest BCUT2D eigenvalue weighted by Gasteiger charge is -2.07. The molecule has 0 spiro atoms. The van der Waals surface area contributed by atoms with Gasteiger partial charge in [-0.05, 0) is 49.2 Å². The highest BCUT2D eigenvalue weighted by atomic mass is 16.1. The number of Topliss-reactive ketones (excluding diaryl/α,β-unsaturated/α-hetero) is 1. The second-order valence-corrected chi connectivity index (χ2v) is 6.30.